The molecule has 0 saturated heterocycles. The maximum absolute atomic E-state index is 9.75. The second kappa shape index (κ2) is 11.8. The molecule has 0 aliphatic rings. The molecule has 0 atom stereocenters. The normalized spacial score (nSPS) is 10.8. The predicted octanol–water partition coefficient (Wildman–Crippen LogP) is 2.84. The molecule has 0 saturated carbocycles. The van der Waals surface area contributed by atoms with Crippen LogP contribution in [0.25, 0.3) is 0 Å². The van der Waals surface area contributed by atoms with Gasteiger partial charge in [0.1, 0.15) is 0 Å². The molecule has 94 valence electrons. The van der Waals surface area contributed by atoms with Gasteiger partial charge in [0.2, 0.25) is 0 Å². The summed E-state index contributed by atoms with van der Waals surface area (Å²) in [6.45, 7) is 3.58. The Morgan fingerprint density at radius 2 is 1.27 bits per heavy atom. The maximum atomic E-state index is 9.75. The van der Waals surface area contributed by atoms with E-state index < -0.39 is 7.25 Å². The minimum absolute atomic E-state index is 1.31. The van der Waals surface area contributed by atoms with Crippen LogP contribution in [0.3, 0.4) is 0 Å². The Labute approximate surface area is 89.7 Å². The molecule has 1 nitrogen and oxygen atoms in total. The Balaban J connectivity index is 0. The molecule has 0 aromatic rings. The highest BCUT2D eigenvalue weighted by molar-refractivity contribution is 6.50. The molecule has 2 N–H and O–H groups in total. The van der Waals surface area contributed by atoms with Gasteiger partial charge in [-0.15, -0.1) is 0 Å². The molecule has 0 fully saturated rings. The standard InChI is InChI=1S/C9H21N.BF4/c1-3-4-5-6-7-8-9-10-2;2-1(3,4)5/h10H,3-9H2,1-2H3;/q;-1/p+1. The fourth-order valence-electron chi connectivity index (χ4n) is 1.13. The molecule has 0 aliphatic carbocycles. The molecule has 0 amide bonds. The van der Waals surface area contributed by atoms with Gasteiger partial charge in [0.25, 0.3) is 0 Å². The largest absolute Gasteiger partial charge is 0.673 e. The summed E-state index contributed by atoms with van der Waals surface area (Å²) in [6, 6.07) is 0. The Hall–Kier alpha value is -0.255. The summed E-state index contributed by atoms with van der Waals surface area (Å²) in [5.74, 6) is 0. The molecule has 0 aromatic carbocycles. The molecule has 0 heterocycles. The van der Waals surface area contributed by atoms with Gasteiger partial charge in [-0.3, -0.25) is 0 Å². The van der Waals surface area contributed by atoms with Crippen molar-refractivity contribution in [1.29, 1.82) is 0 Å². The van der Waals surface area contributed by atoms with Gasteiger partial charge >= 0.3 is 7.25 Å². The number of unbranched alkanes of at least 4 members (excludes halogenated alkanes) is 5. The fourth-order valence-corrected chi connectivity index (χ4v) is 1.13. The van der Waals surface area contributed by atoms with E-state index in [1.54, 1.807) is 0 Å². The number of hydrogen-bond acceptors (Lipinski definition) is 0. The molecule has 0 aliphatic heterocycles. The Morgan fingerprint density at radius 3 is 1.67 bits per heavy atom. The van der Waals surface area contributed by atoms with E-state index in [9.17, 15) is 17.3 Å². The van der Waals surface area contributed by atoms with Crippen molar-refractivity contribution >= 4 is 7.25 Å². The van der Waals surface area contributed by atoms with E-state index in [1.807, 2.05) is 0 Å². The van der Waals surface area contributed by atoms with Gasteiger partial charge in [-0.2, -0.15) is 0 Å². The molecule has 6 heteroatoms. The molecular formula is C9H22BF4N. The van der Waals surface area contributed by atoms with Crippen molar-refractivity contribution in [2.24, 2.45) is 0 Å². The van der Waals surface area contributed by atoms with Crippen LogP contribution in [0, 0.1) is 0 Å². The molecule has 15 heavy (non-hydrogen) atoms. The maximum Gasteiger partial charge on any atom is 0.673 e. The average Bonchev–Trinajstić information content (AvgIpc) is 2.08. The highest BCUT2D eigenvalue weighted by Gasteiger charge is 2.20. The summed E-state index contributed by atoms with van der Waals surface area (Å²) in [4.78, 5) is 0. The van der Waals surface area contributed by atoms with Crippen LogP contribution < -0.4 is 5.32 Å². The molecule has 0 spiro atoms. The Morgan fingerprint density at radius 1 is 0.867 bits per heavy atom. The zero-order chi connectivity index (χ0) is 12.2. The van der Waals surface area contributed by atoms with Crippen molar-refractivity contribution in [2.45, 2.75) is 45.4 Å². The lowest BCUT2D eigenvalue weighted by molar-refractivity contribution is -0.627. The number of hydrogen-bond donors (Lipinski definition) is 1. The topological polar surface area (TPSA) is 16.6 Å². The van der Waals surface area contributed by atoms with Crippen LogP contribution >= 0.6 is 0 Å². The zero-order valence-electron chi connectivity index (χ0n) is 9.62. The summed E-state index contributed by atoms with van der Waals surface area (Å²) in [5.41, 5.74) is 0. The first kappa shape index (κ1) is 17.1. The summed E-state index contributed by atoms with van der Waals surface area (Å²) < 4.78 is 39.0. The number of rotatable bonds is 7. The van der Waals surface area contributed by atoms with Gasteiger partial charge in [0.05, 0.1) is 13.6 Å². The molecule has 0 radical (unpaired) electrons. The van der Waals surface area contributed by atoms with Crippen molar-refractivity contribution < 1.29 is 22.6 Å². The smallest absolute Gasteiger partial charge is 0.418 e. The highest BCUT2D eigenvalue weighted by atomic mass is 19.5. The third-order valence-corrected chi connectivity index (χ3v) is 1.85. The van der Waals surface area contributed by atoms with Crippen molar-refractivity contribution in [3.05, 3.63) is 0 Å². The minimum atomic E-state index is -6.00. The first-order chi connectivity index (χ1) is 6.91. The van der Waals surface area contributed by atoms with Crippen LogP contribution in [-0.4, -0.2) is 20.8 Å². The molecule has 0 rings (SSSR count). The third-order valence-electron chi connectivity index (χ3n) is 1.85. The van der Waals surface area contributed by atoms with Gasteiger partial charge in [-0.25, -0.2) is 0 Å². The first-order valence-corrected chi connectivity index (χ1v) is 5.57. The summed E-state index contributed by atoms with van der Waals surface area (Å²) >= 11 is 0. The van der Waals surface area contributed by atoms with Crippen LogP contribution in [0.5, 0.6) is 0 Å². The Bertz CT molecular complexity index is 105. The number of quaternary nitrogens is 1. The predicted molar refractivity (Wildman–Crippen MR) is 56.3 cm³/mol. The second-order valence-corrected chi connectivity index (χ2v) is 3.46. The van der Waals surface area contributed by atoms with Crippen molar-refractivity contribution in [1.82, 2.24) is 0 Å². The lowest BCUT2D eigenvalue weighted by atomic mass is 10.1. The summed E-state index contributed by atoms with van der Waals surface area (Å²) in [6.07, 6.45) is 8.52. The van der Waals surface area contributed by atoms with Gasteiger partial charge in [0.15, 0.2) is 0 Å². The van der Waals surface area contributed by atoms with E-state index in [0.29, 0.717) is 0 Å². The first-order valence-electron chi connectivity index (χ1n) is 5.57. The van der Waals surface area contributed by atoms with Crippen molar-refractivity contribution in [3.8, 4) is 0 Å². The van der Waals surface area contributed by atoms with Crippen molar-refractivity contribution in [2.75, 3.05) is 13.6 Å². The van der Waals surface area contributed by atoms with Crippen LogP contribution in [0.4, 0.5) is 17.3 Å². The minimum Gasteiger partial charge on any atom is -0.418 e. The van der Waals surface area contributed by atoms with Crippen LogP contribution in [0.1, 0.15) is 45.4 Å². The van der Waals surface area contributed by atoms with E-state index in [0.717, 1.165) is 0 Å². The van der Waals surface area contributed by atoms with E-state index >= 15 is 0 Å². The van der Waals surface area contributed by atoms with E-state index in [-0.39, 0.29) is 0 Å². The van der Waals surface area contributed by atoms with E-state index in [2.05, 4.69) is 19.3 Å². The second-order valence-electron chi connectivity index (χ2n) is 3.46. The molecule has 0 bridgehead atoms. The van der Waals surface area contributed by atoms with Crippen LogP contribution in [0.15, 0.2) is 0 Å². The quantitative estimate of drug-likeness (QED) is 0.394. The average molecular weight is 231 g/mol. The van der Waals surface area contributed by atoms with Crippen LogP contribution in [-0.2, 0) is 0 Å². The molecular weight excluding hydrogens is 209 g/mol. The third kappa shape index (κ3) is 41.7. The summed E-state index contributed by atoms with van der Waals surface area (Å²) in [7, 11) is -3.86. The van der Waals surface area contributed by atoms with Gasteiger partial charge in [0, 0.05) is 0 Å². The zero-order valence-corrected chi connectivity index (χ0v) is 9.62. The van der Waals surface area contributed by atoms with E-state index in [4.69, 9.17) is 0 Å². The van der Waals surface area contributed by atoms with E-state index in [1.165, 1.54) is 45.1 Å². The lowest BCUT2D eigenvalue weighted by Crippen LogP contribution is -2.79. The molecule has 0 aromatic heterocycles. The highest BCUT2D eigenvalue weighted by Crippen LogP contribution is 2.06. The lowest BCUT2D eigenvalue weighted by Gasteiger charge is -1.97. The van der Waals surface area contributed by atoms with Gasteiger partial charge < -0.3 is 22.6 Å². The molecule has 0 unspecified atom stereocenters. The summed E-state index contributed by atoms with van der Waals surface area (Å²) in [5, 5.41) is 2.26. The van der Waals surface area contributed by atoms with Gasteiger partial charge in [-0.1, -0.05) is 32.6 Å². The van der Waals surface area contributed by atoms with Crippen LogP contribution in [0.2, 0.25) is 0 Å². The van der Waals surface area contributed by atoms with Gasteiger partial charge in [-0.05, 0) is 12.8 Å². The monoisotopic (exact) mass is 231 g/mol. The van der Waals surface area contributed by atoms with Crippen molar-refractivity contribution in [3.63, 3.8) is 0 Å². The number of nitrogens with two attached hydrogens (primary N) is 1. The Kier molecular flexibility index (Phi) is 13.5. The fraction of sp³-hybridized carbons (Fsp3) is 1.00. The number of halogens is 4. The SMILES string of the molecule is CCCCCCCC[NH2+]C.F[B-](F)(F)F.